The van der Waals surface area contributed by atoms with Crippen LogP contribution in [-0.4, -0.2) is 13.7 Å². The second-order valence-corrected chi connectivity index (χ2v) is 5.28. The Labute approximate surface area is 127 Å². The Morgan fingerprint density at radius 1 is 1.33 bits per heavy atom. The molecule has 5 heteroatoms. The van der Waals surface area contributed by atoms with E-state index in [9.17, 15) is 4.39 Å². The maximum absolute atomic E-state index is 13.6. The fraction of sp³-hybridized carbons (Fsp3) is 0.250. The van der Waals surface area contributed by atoms with Gasteiger partial charge in [0.15, 0.2) is 0 Å². The maximum atomic E-state index is 13.6. The van der Waals surface area contributed by atoms with Crippen LogP contribution in [0.3, 0.4) is 0 Å². The van der Waals surface area contributed by atoms with Crippen molar-refractivity contribution < 1.29 is 13.9 Å². The highest BCUT2D eigenvalue weighted by Gasteiger charge is 2.15. The van der Waals surface area contributed by atoms with Crippen molar-refractivity contribution in [1.82, 2.24) is 5.32 Å². The van der Waals surface area contributed by atoms with E-state index in [1.54, 1.807) is 7.05 Å². The van der Waals surface area contributed by atoms with Gasteiger partial charge >= 0.3 is 0 Å². The molecule has 3 nitrogen and oxygen atoms in total. The zero-order valence-electron chi connectivity index (χ0n) is 11.6. The molecule has 2 aromatic carbocycles. The summed E-state index contributed by atoms with van der Waals surface area (Å²) in [5.41, 5.74) is 1.88. The van der Waals surface area contributed by atoms with Gasteiger partial charge in [-0.25, -0.2) is 4.39 Å². The first-order chi connectivity index (χ1) is 10.2. The van der Waals surface area contributed by atoms with Crippen molar-refractivity contribution >= 4 is 11.6 Å². The zero-order valence-corrected chi connectivity index (χ0v) is 12.3. The van der Waals surface area contributed by atoms with Crippen LogP contribution in [0, 0.1) is 5.82 Å². The first-order valence-corrected chi connectivity index (χ1v) is 7.11. The van der Waals surface area contributed by atoms with Crippen molar-refractivity contribution in [2.45, 2.75) is 13.0 Å². The molecule has 0 unspecified atom stereocenters. The van der Waals surface area contributed by atoms with Gasteiger partial charge in [0.2, 0.25) is 0 Å². The maximum Gasteiger partial charge on any atom is 0.142 e. The predicted molar refractivity (Wildman–Crippen MR) is 79.9 cm³/mol. The van der Waals surface area contributed by atoms with Crippen molar-refractivity contribution in [1.29, 1.82) is 0 Å². The molecule has 1 heterocycles. The van der Waals surface area contributed by atoms with Gasteiger partial charge in [-0.05, 0) is 24.7 Å². The monoisotopic (exact) mass is 307 g/mol. The molecule has 1 aliphatic heterocycles. The molecule has 3 rings (SSSR count). The molecule has 1 aliphatic rings. The average Bonchev–Trinajstić information content (AvgIpc) is 2.92. The second-order valence-electron chi connectivity index (χ2n) is 4.87. The molecule has 0 atom stereocenters. The molecule has 0 bridgehead atoms. The summed E-state index contributed by atoms with van der Waals surface area (Å²) < 4.78 is 24.9. The van der Waals surface area contributed by atoms with Crippen molar-refractivity contribution in [2.24, 2.45) is 0 Å². The van der Waals surface area contributed by atoms with Crippen LogP contribution in [0.5, 0.6) is 17.2 Å². The van der Waals surface area contributed by atoms with Crippen LogP contribution in [0.1, 0.15) is 11.1 Å². The zero-order chi connectivity index (χ0) is 14.8. The summed E-state index contributed by atoms with van der Waals surface area (Å²) >= 11 is 5.85. The van der Waals surface area contributed by atoms with Crippen LogP contribution in [0.15, 0.2) is 30.3 Å². The summed E-state index contributed by atoms with van der Waals surface area (Å²) in [5, 5.41) is 3.03. The quantitative estimate of drug-likeness (QED) is 0.928. The Morgan fingerprint density at radius 2 is 2.19 bits per heavy atom. The standard InChI is InChI=1S/C16H15ClFNO2/c1-19-9-11-6-14(18)13(17)8-16(11)21-12-3-2-10-4-5-20-15(10)7-12/h2-3,6-8,19H,4-5,9H2,1H3. The molecule has 0 amide bonds. The topological polar surface area (TPSA) is 30.5 Å². The largest absolute Gasteiger partial charge is 0.493 e. The van der Waals surface area contributed by atoms with E-state index in [4.69, 9.17) is 21.1 Å². The SMILES string of the molecule is CNCc1cc(F)c(Cl)cc1Oc1ccc2c(c1)OCC2. The molecule has 0 aromatic heterocycles. The summed E-state index contributed by atoms with van der Waals surface area (Å²) in [4.78, 5) is 0. The molecule has 2 aromatic rings. The molecular formula is C16H15ClFNO2. The highest BCUT2D eigenvalue weighted by atomic mass is 35.5. The third-order valence-corrected chi connectivity index (χ3v) is 3.66. The lowest BCUT2D eigenvalue weighted by Gasteiger charge is -2.13. The fourth-order valence-electron chi connectivity index (χ4n) is 2.33. The lowest BCUT2D eigenvalue weighted by atomic mass is 10.1. The van der Waals surface area contributed by atoms with Crippen molar-refractivity contribution in [3.8, 4) is 17.2 Å². The number of ether oxygens (including phenoxy) is 2. The molecule has 0 aliphatic carbocycles. The van der Waals surface area contributed by atoms with E-state index in [0.29, 0.717) is 30.2 Å². The van der Waals surface area contributed by atoms with Gasteiger partial charge < -0.3 is 14.8 Å². The van der Waals surface area contributed by atoms with Crippen LogP contribution < -0.4 is 14.8 Å². The Kier molecular flexibility index (Phi) is 3.99. The summed E-state index contributed by atoms with van der Waals surface area (Å²) in [7, 11) is 1.79. The minimum Gasteiger partial charge on any atom is -0.493 e. The predicted octanol–water partition coefficient (Wildman–Crippen LogP) is 3.93. The minimum atomic E-state index is -0.452. The Hall–Kier alpha value is -1.78. The molecule has 0 fully saturated rings. The summed E-state index contributed by atoms with van der Waals surface area (Å²) in [5.74, 6) is 1.58. The second kappa shape index (κ2) is 5.92. The highest BCUT2D eigenvalue weighted by Crippen LogP contribution is 2.34. The van der Waals surface area contributed by atoms with Gasteiger partial charge in [0.1, 0.15) is 23.1 Å². The van der Waals surface area contributed by atoms with Gasteiger partial charge in [-0.2, -0.15) is 0 Å². The van der Waals surface area contributed by atoms with Gasteiger partial charge in [-0.3, -0.25) is 0 Å². The van der Waals surface area contributed by atoms with E-state index in [0.717, 1.165) is 12.2 Å². The van der Waals surface area contributed by atoms with Crippen LogP contribution in [0.2, 0.25) is 5.02 Å². The molecule has 1 N–H and O–H groups in total. The van der Waals surface area contributed by atoms with Gasteiger partial charge in [0, 0.05) is 30.7 Å². The van der Waals surface area contributed by atoms with E-state index in [-0.39, 0.29) is 5.02 Å². The highest BCUT2D eigenvalue weighted by molar-refractivity contribution is 6.30. The Morgan fingerprint density at radius 3 is 3.00 bits per heavy atom. The summed E-state index contributed by atoms with van der Waals surface area (Å²) in [6.07, 6.45) is 0.920. The molecule has 0 spiro atoms. The third kappa shape index (κ3) is 2.96. The van der Waals surface area contributed by atoms with E-state index in [2.05, 4.69) is 5.32 Å². The first kappa shape index (κ1) is 14.2. The summed E-state index contributed by atoms with van der Waals surface area (Å²) in [6, 6.07) is 8.60. The normalized spacial score (nSPS) is 12.9. The van der Waals surface area contributed by atoms with E-state index < -0.39 is 5.82 Å². The van der Waals surface area contributed by atoms with Crippen molar-refractivity contribution in [3.63, 3.8) is 0 Å². The number of hydrogen-bond acceptors (Lipinski definition) is 3. The molecule has 0 saturated heterocycles. The molecule has 0 saturated carbocycles. The number of benzene rings is 2. The van der Waals surface area contributed by atoms with Gasteiger partial charge in [0.25, 0.3) is 0 Å². The first-order valence-electron chi connectivity index (χ1n) is 6.73. The van der Waals surface area contributed by atoms with Crippen LogP contribution in [0.4, 0.5) is 4.39 Å². The van der Waals surface area contributed by atoms with E-state index in [1.165, 1.54) is 17.7 Å². The molecular weight excluding hydrogens is 293 g/mol. The van der Waals surface area contributed by atoms with Crippen LogP contribution >= 0.6 is 11.6 Å². The number of nitrogens with one attached hydrogen (secondary N) is 1. The minimum absolute atomic E-state index is 0.0438. The molecule has 21 heavy (non-hydrogen) atoms. The van der Waals surface area contributed by atoms with Gasteiger partial charge in [-0.15, -0.1) is 0 Å². The van der Waals surface area contributed by atoms with E-state index >= 15 is 0 Å². The molecule has 110 valence electrons. The van der Waals surface area contributed by atoms with Crippen molar-refractivity contribution in [2.75, 3.05) is 13.7 Å². The van der Waals surface area contributed by atoms with Gasteiger partial charge in [-0.1, -0.05) is 17.7 Å². The summed E-state index contributed by atoms with van der Waals surface area (Å²) in [6.45, 7) is 1.19. The van der Waals surface area contributed by atoms with Crippen LogP contribution in [-0.2, 0) is 13.0 Å². The average molecular weight is 308 g/mol. The Balaban J connectivity index is 1.91. The third-order valence-electron chi connectivity index (χ3n) is 3.37. The molecule has 0 radical (unpaired) electrons. The van der Waals surface area contributed by atoms with Crippen molar-refractivity contribution in [3.05, 3.63) is 52.3 Å². The number of halogens is 2. The number of rotatable bonds is 4. The van der Waals surface area contributed by atoms with E-state index in [1.807, 2.05) is 18.2 Å². The number of fused-ring (bicyclic) bond motifs is 1. The smallest absolute Gasteiger partial charge is 0.142 e. The lowest BCUT2D eigenvalue weighted by molar-refractivity contribution is 0.355. The fourth-order valence-corrected chi connectivity index (χ4v) is 2.48. The number of hydrogen-bond donors (Lipinski definition) is 1. The Bertz CT molecular complexity index is 676. The van der Waals surface area contributed by atoms with Gasteiger partial charge in [0.05, 0.1) is 11.6 Å². The lowest BCUT2D eigenvalue weighted by Crippen LogP contribution is -2.07. The van der Waals surface area contributed by atoms with Crippen LogP contribution in [0.25, 0.3) is 0 Å².